The van der Waals surface area contributed by atoms with Crippen molar-refractivity contribution in [3.8, 4) is 5.75 Å². The van der Waals surface area contributed by atoms with Gasteiger partial charge >= 0.3 is 0 Å². The first kappa shape index (κ1) is 18.7. The number of anilines is 2. The van der Waals surface area contributed by atoms with Gasteiger partial charge in [0.2, 0.25) is 0 Å². The molecule has 0 aliphatic carbocycles. The molecular weight excluding hydrogens is 316 g/mol. The smallest absolute Gasteiger partial charge is 0.274 e. The Morgan fingerprint density at radius 2 is 1.88 bits per heavy atom. The number of hydrogen-bond donors (Lipinski definition) is 1. The van der Waals surface area contributed by atoms with Crippen LogP contribution in [0, 0.1) is 0 Å². The number of benzene rings is 1. The molecule has 0 fully saturated rings. The fourth-order valence-electron chi connectivity index (χ4n) is 2.24. The van der Waals surface area contributed by atoms with Crippen molar-refractivity contribution in [3.63, 3.8) is 0 Å². The maximum Gasteiger partial charge on any atom is 0.274 e. The molecule has 1 N–H and O–H groups in total. The van der Waals surface area contributed by atoms with Crippen LogP contribution in [0.2, 0.25) is 0 Å². The Bertz CT molecular complexity index is 669. The normalized spacial score (nSPS) is 10.6. The summed E-state index contributed by atoms with van der Waals surface area (Å²) in [5, 5.41) is 11.3. The monoisotopic (exact) mass is 342 g/mol. The fourth-order valence-corrected chi connectivity index (χ4v) is 2.24. The second kappa shape index (κ2) is 9.01. The zero-order chi connectivity index (χ0) is 18.2. The van der Waals surface area contributed by atoms with Gasteiger partial charge in [0.25, 0.3) is 5.91 Å². The first-order chi connectivity index (χ1) is 12.0. The lowest BCUT2D eigenvalue weighted by atomic mass is 10.3. The Morgan fingerprint density at radius 3 is 2.44 bits per heavy atom. The van der Waals surface area contributed by atoms with E-state index in [1.54, 1.807) is 24.1 Å². The molecule has 1 aromatic heterocycles. The van der Waals surface area contributed by atoms with E-state index in [0.717, 1.165) is 30.8 Å². The molecule has 2 aromatic rings. The van der Waals surface area contributed by atoms with Gasteiger partial charge in [-0.15, -0.1) is 10.2 Å². The van der Waals surface area contributed by atoms with E-state index in [9.17, 15) is 4.79 Å². The van der Waals surface area contributed by atoms with Crippen molar-refractivity contribution in [1.82, 2.24) is 15.1 Å². The minimum absolute atomic E-state index is 0.109. The van der Waals surface area contributed by atoms with Crippen LogP contribution in [0.4, 0.5) is 11.5 Å². The Hall–Kier alpha value is -2.63. The molecule has 0 spiro atoms. The molecule has 6 heteroatoms. The summed E-state index contributed by atoms with van der Waals surface area (Å²) in [7, 11) is 1.78. The van der Waals surface area contributed by atoms with Gasteiger partial charge in [0.15, 0.2) is 11.5 Å². The summed E-state index contributed by atoms with van der Waals surface area (Å²) in [6.07, 6.45) is 2.17. The number of carbonyl (C=O) groups excluding carboxylic acids is 1. The highest BCUT2D eigenvalue weighted by molar-refractivity contribution is 5.92. The summed E-state index contributed by atoms with van der Waals surface area (Å²) >= 11 is 0. The van der Waals surface area contributed by atoms with Gasteiger partial charge in [0.1, 0.15) is 5.75 Å². The molecule has 0 unspecified atom stereocenters. The van der Waals surface area contributed by atoms with Gasteiger partial charge < -0.3 is 15.0 Å². The van der Waals surface area contributed by atoms with Gasteiger partial charge in [-0.2, -0.15) is 0 Å². The predicted octanol–water partition coefficient (Wildman–Crippen LogP) is 3.88. The van der Waals surface area contributed by atoms with Crippen LogP contribution in [0.5, 0.6) is 5.75 Å². The third-order valence-corrected chi connectivity index (χ3v) is 3.58. The van der Waals surface area contributed by atoms with Crippen LogP contribution in [0.15, 0.2) is 36.4 Å². The maximum atomic E-state index is 12.2. The number of aromatic nitrogens is 2. The molecule has 0 radical (unpaired) electrons. The van der Waals surface area contributed by atoms with Crippen LogP contribution in [0.25, 0.3) is 0 Å². The van der Waals surface area contributed by atoms with E-state index >= 15 is 0 Å². The predicted molar refractivity (Wildman–Crippen MR) is 99.4 cm³/mol. The number of hydrogen-bond acceptors (Lipinski definition) is 5. The number of nitrogens with one attached hydrogen (secondary N) is 1. The van der Waals surface area contributed by atoms with E-state index in [1.807, 2.05) is 38.1 Å². The Kier molecular flexibility index (Phi) is 6.74. The van der Waals surface area contributed by atoms with E-state index in [0.29, 0.717) is 11.5 Å². The molecule has 0 aliphatic heterocycles. The zero-order valence-corrected chi connectivity index (χ0v) is 15.3. The van der Waals surface area contributed by atoms with E-state index in [1.165, 1.54) is 0 Å². The van der Waals surface area contributed by atoms with Gasteiger partial charge in [0, 0.05) is 19.3 Å². The summed E-state index contributed by atoms with van der Waals surface area (Å²) in [6.45, 7) is 6.80. The number of rotatable bonds is 8. The van der Waals surface area contributed by atoms with Crippen molar-refractivity contribution in [2.24, 2.45) is 0 Å². The van der Waals surface area contributed by atoms with Crippen molar-refractivity contribution in [2.45, 2.75) is 39.7 Å². The van der Waals surface area contributed by atoms with Crippen molar-refractivity contribution in [2.75, 3.05) is 18.9 Å². The molecule has 2 rings (SSSR count). The minimum Gasteiger partial charge on any atom is -0.491 e. The van der Waals surface area contributed by atoms with Gasteiger partial charge in [-0.25, -0.2) is 0 Å². The first-order valence-electron chi connectivity index (χ1n) is 8.62. The van der Waals surface area contributed by atoms with E-state index in [2.05, 4.69) is 22.4 Å². The molecule has 0 aliphatic rings. The standard InChI is InChI=1S/C19H26N4O2/c1-5-6-13-23(4)19(24)17-11-12-18(22-21-17)20-15-7-9-16(10-8-15)25-14(2)3/h7-12,14H,5-6,13H2,1-4H3,(H,20,22). The molecule has 1 amide bonds. The Labute approximate surface area is 149 Å². The van der Waals surface area contributed by atoms with Gasteiger partial charge in [-0.3, -0.25) is 4.79 Å². The number of unbranched alkanes of at least 4 members (excludes halogenated alkanes) is 1. The third kappa shape index (κ3) is 5.74. The molecule has 0 saturated heterocycles. The molecule has 1 aromatic carbocycles. The third-order valence-electron chi connectivity index (χ3n) is 3.58. The minimum atomic E-state index is -0.109. The van der Waals surface area contributed by atoms with Gasteiger partial charge in [-0.1, -0.05) is 13.3 Å². The molecular formula is C19H26N4O2. The highest BCUT2D eigenvalue weighted by Gasteiger charge is 2.13. The maximum absolute atomic E-state index is 12.2. The summed E-state index contributed by atoms with van der Waals surface area (Å²) in [4.78, 5) is 13.9. The highest BCUT2D eigenvalue weighted by atomic mass is 16.5. The van der Waals surface area contributed by atoms with Gasteiger partial charge in [0.05, 0.1) is 6.10 Å². The number of nitrogens with zero attached hydrogens (tertiary/aromatic N) is 3. The highest BCUT2D eigenvalue weighted by Crippen LogP contribution is 2.19. The molecule has 1 heterocycles. The Balaban J connectivity index is 1.97. The van der Waals surface area contributed by atoms with Crippen LogP contribution in [-0.4, -0.2) is 40.7 Å². The van der Waals surface area contributed by atoms with Crippen molar-refractivity contribution >= 4 is 17.4 Å². The summed E-state index contributed by atoms with van der Waals surface area (Å²) in [5.41, 5.74) is 1.23. The lowest BCUT2D eigenvalue weighted by Gasteiger charge is -2.15. The van der Waals surface area contributed by atoms with E-state index in [4.69, 9.17) is 4.74 Å². The van der Waals surface area contributed by atoms with E-state index < -0.39 is 0 Å². The molecule has 134 valence electrons. The summed E-state index contributed by atoms with van der Waals surface area (Å²) < 4.78 is 5.61. The SMILES string of the molecule is CCCCN(C)C(=O)c1ccc(Nc2ccc(OC(C)C)cc2)nn1. The molecule has 0 atom stereocenters. The molecule has 25 heavy (non-hydrogen) atoms. The van der Waals surface area contributed by atoms with Crippen molar-refractivity contribution < 1.29 is 9.53 Å². The lowest BCUT2D eigenvalue weighted by Crippen LogP contribution is -2.28. The van der Waals surface area contributed by atoms with Crippen LogP contribution in [0.3, 0.4) is 0 Å². The number of carbonyl (C=O) groups is 1. The second-order valence-corrected chi connectivity index (χ2v) is 6.20. The molecule has 6 nitrogen and oxygen atoms in total. The quantitative estimate of drug-likeness (QED) is 0.788. The molecule has 0 saturated carbocycles. The Morgan fingerprint density at radius 1 is 1.16 bits per heavy atom. The number of amides is 1. The van der Waals surface area contributed by atoms with Crippen LogP contribution in [0.1, 0.15) is 44.1 Å². The average Bonchev–Trinajstić information content (AvgIpc) is 2.61. The summed E-state index contributed by atoms with van der Waals surface area (Å²) in [5.74, 6) is 1.30. The van der Waals surface area contributed by atoms with Crippen LogP contribution in [-0.2, 0) is 0 Å². The second-order valence-electron chi connectivity index (χ2n) is 6.20. The summed E-state index contributed by atoms with van der Waals surface area (Å²) in [6, 6.07) is 11.1. The topological polar surface area (TPSA) is 67.4 Å². The average molecular weight is 342 g/mol. The largest absolute Gasteiger partial charge is 0.491 e. The van der Waals surface area contributed by atoms with Crippen molar-refractivity contribution in [1.29, 1.82) is 0 Å². The number of ether oxygens (including phenoxy) is 1. The fraction of sp³-hybridized carbons (Fsp3) is 0.421. The zero-order valence-electron chi connectivity index (χ0n) is 15.3. The molecule has 0 bridgehead atoms. The van der Waals surface area contributed by atoms with Crippen LogP contribution >= 0.6 is 0 Å². The first-order valence-corrected chi connectivity index (χ1v) is 8.62. The van der Waals surface area contributed by atoms with Crippen LogP contribution < -0.4 is 10.1 Å². The van der Waals surface area contributed by atoms with E-state index in [-0.39, 0.29) is 12.0 Å². The van der Waals surface area contributed by atoms with Crippen molar-refractivity contribution in [3.05, 3.63) is 42.1 Å². The van der Waals surface area contributed by atoms with Gasteiger partial charge in [-0.05, 0) is 56.7 Å². The lowest BCUT2D eigenvalue weighted by molar-refractivity contribution is 0.0786.